The molecule has 0 rings (SSSR count). The third-order valence-electron chi connectivity index (χ3n) is 0.996. The normalized spacial score (nSPS) is 15.9. The van der Waals surface area contributed by atoms with E-state index in [4.69, 9.17) is 21.4 Å². The molecule has 0 aliphatic carbocycles. The molecule has 0 aliphatic rings. The Morgan fingerprint density at radius 1 is 1.73 bits per heavy atom. The van der Waals surface area contributed by atoms with Crippen molar-refractivity contribution in [3.8, 4) is 5.81 Å². The van der Waals surface area contributed by atoms with Crippen LogP contribution in [0.1, 0.15) is 0 Å². The summed E-state index contributed by atoms with van der Waals surface area (Å²) in [6, 6.07) is 0. The van der Waals surface area contributed by atoms with E-state index in [1.54, 1.807) is 5.81 Å². The average Bonchev–Trinajstić information content (AvgIpc) is 2.00. The molecule has 1 unspecified atom stereocenters. The molecule has 0 heterocycles. The molecule has 0 spiro atoms. The lowest BCUT2D eigenvalue weighted by Crippen LogP contribution is -2.10. The summed E-state index contributed by atoms with van der Waals surface area (Å²) >= 11 is 5.30. The molecule has 0 amide bonds. The van der Waals surface area contributed by atoms with Crippen LogP contribution >= 0.6 is 19.1 Å². The van der Waals surface area contributed by atoms with Gasteiger partial charge >= 0.3 is 7.52 Å². The zero-order chi connectivity index (χ0) is 8.91. The maximum absolute atomic E-state index is 11.3. The van der Waals surface area contributed by atoms with Gasteiger partial charge in [0, 0.05) is 5.88 Å². The van der Waals surface area contributed by atoms with Gasteiger partial charge in [-0.25, -0.2) is 4.67 Å². The van der Waals surface area contributed by atoms with Crippen LogP contribution in [0.3, 0.4) is 0 Å². The minimum absolute atomic E-state index is 0.130. The molecule has 0 saturated carbocycles. The van der Waals surface area contributed by atoms with Gasteiger partial charge < -0.3 is 4.52 Å². The second kappa shape index (κ2) is 4.74. The molecule has 11 heavy (non-hydrogen) atoms. The highest BCUT2D eigenvalue weighted by atomic mass is 35.5. The van der Waals surface area contributed by atoms with Gasteiger partial charge in [-0.2, -0.15) is 5.26 Å². The van der Waals surface area contributed by atoms with E-state index in [0.717, 1.165) is 0 Å². The van der Waals surface area contributed by atoms with Crippen molar-refractivity contribution in [2.75, 3.05) is 26.6 Å². The van der Waals surface area contributed by atoms with Gasteiger partial charge in [-0.1, -0.05) is 0 Å². The van der Waals surface area contributed by atoms with Gasteiger partial charge in [0.15, 0.2) is 5.81 Å². The summed E-state index contributed by atoms with van der Waals surface area (Å²) in [5.41, 5.74) is 0. The predicted molar refractivity (Wildman–Crippen MR) is 43.6 cm³/mol. The van der Waals surface area contributed by atoms with Crippen molar-refractivity contribution in [3.05, 3.63) is 0 Å². The van der Waals surface area contributed by atoms with E-state index in [9.17, 15) is 4.57 Å². The SMILES string of the molecule is CN(C)P(=O)(C#N)OCCCl. The summed E-state index contributed by atoms with van der Waals surface area (Å²) in [7, 11) is -0.182. The van der Waals surface area contributed by atoms with Crippen LogP contribution in [-0.4, -0.2) is 31.3 Å². The highest BCUT2D eigenvalue weighted by molar-refractivity contribution is 7.61. The first kappa shape index (κ1) is 10.9. The molecule has 0 radical (unpaired) electrons. The molecule has 0 bridgehead atoms. The van der Waals surface area contributed by atoms with E-state index in [-0.39, 0.29) is 12.5 Å². The van der Waals surface area contributed by atoms with E-state index in [1.807, 2.05) is 0 Å². The highest BCUT2D eigenvalue weighted by Crippen LogP contribution is 2.46. The van der Waals surface area contributed by atoms with E-state index in [2.05, 4.69) is 0 Å². The summed E-state index contributed by atoms with van der Waals surface area (Å²) in [5, 5.41) is 8.46. The van der Waals surface area contributed by atoms with Crippen LogP contribution in [0, 0.1) is 11.1 Å². The van der Waals surface area contributed by atoms with Gasteiger partial charge in [0.05, 0.1) is 6.61 Å². The van der Waals surface area contributed by atoms with E-state index in [0.29, 0.717) is 0 Å². The molecule has 0 fully saturated rings. The molecule has 0 saturated heterocycles. The number of halogens is 1. The zero-order valence-corrected chi connectivity index (χ0v) is 8.10. The van der Waals surface area contributed by atoms with Crippen LogP contribution in [0.5, 0.6) is 0 Å². The van der Waals surface area contributed by atoms with Gasteiger partial charge in [0.1, 0.15) is 0 Å². The van der Waals surface area contributed by atoms with Gasteiger partial charge in [-0.05, 0) is 14.1 Å². The Hall–Kier alpha value is -0.0700. The lowest BCUT2D eigenvalue weighted by Gasteiger charge is -2.16. The molecule has 6 heteroatoms. The third-order valence-corrected chi connectivity index (χ3v) is 2.99. The number of rotatable bonds is 4. The van der Waals surface area contributed by atoms with Crippen molar-refractivity contribution in [1.82, 2.24) is 4.67 Å². The highest BCUT2D eigenvalue weighted by Gasteiger charge is 2.25. The standard InChI is InChI=1S/C5H10ClN2O2P/c1-8(2)11(9,5-7)10-4-3-6/h3-4H2,1-2H3. The Kier molecular flexibility index (Phi) is 4.71. The van der Waals surface area contributed by atoms with Gasteiger partial charge in [-0.15, -0.1) is 11.6 Å². The fraction of sp³-hybridized carbons (Fsp3) is 0.800. The van der Waals surface area contributed by atoms with Crippen LogP contribution in [0.4, 0.5) is 0 Å². The van der Waals surface area contributed by atoms with Crippen molar-refractivity contribution in [3.63, 3.8) is 0 Å². The van der Waals surface area contributed by atoms with Crippen molar-refractivity contribution in [2.45, 2.75) is 0 Å². The second-order valence-corrected chi connectivity index (χ2v) is 4.67. The predicted octanol–water partition coefficient (Wildman–Crippen LogP) is 1.48. The zero-order valence-electron chi connectivity index (χ0n) is 6.45. The summed E-state index contributed by atoms with van der Waals surface area (Å²) in [6.45, 7) is 0.130. The van der Waals surface area contributed by atoms with Gasteiger partial charge in [0.2, 0.25) is 0 Å². The molecule has 64 valence electrons. The number of nitriles is 1. The van der Waals surface area contributed by atoms with Crippen molar-refractivity contribution >= 4 is 19.1 Å². The maximum Gasteiger partial charge on any atom is 0.370 e. The minimum atomic E-state index is -3.23. The first-order valence-electron chi connectivity index (χ1n) is 2.96. The second-order valence-electron chi connectivity index (χ2n) is 1.99. The molecular formula is C5H10ClN2O2P. The van der Waals surface area contributed by atoms with Crippen molar-refractivity contribution in [2.24, 2.45) is 0 Å². The lowest BCUT2D eigenvalue weighted by molar-refractivity contribution is 0.309. The van der Waals surface area contributed by atoms with E-state index < -0.39 is 7.52 Å². The summed E-state index contributed by atoms with van der Waals surface area (Å²) in [6.07, 6.45) is 0. The van der Waals surface area contributed by atoms with Crippen LogP contribution < -0.4 is 0 Å². The molecule has 0 aromatic rings. The Labute approximate surface area is 71.2 Å². The Bertz CT molecular complexity index is 201. The molecule has 4 nitrogen and oxygen atoms in total. The van der Waals surface area contributed by atoms with Gasteiger partial charge in [0.25, 0.3) is 0 Å². The molecule has 0 aliphatic heterocycles. The number of alkyl halides is 1. The maximum atomic E-state index is 11.3. The number of nitrogens with zero attached hydrogens (tertiary/aromatic N) is 2. The quantitative estimate of drug-likeness (QED) is 0.505. The van der Waals surface area contributed by atoms with Crippen LogP contribution in [-0.2, 0) is 9.09 Å². The Morgan fingerprint density at radius 3 is 2.55 bits per heavy atom. The van der Waals surface area contributed by atoms with Crippen LogP contribution in [0.15, 0.2) is 0 Å². The Balaban J connectivity index is 4.16. The summed E-state index contributed by atoms with van der Waals surface area (Å²) in [5.74, 6) is 1.85. The third kappa shape index (κ3) is 3.22. The van der Waals surface area contributed by atoms with Gasteiger partial charge in [-0.3, -0.25) is 4.57 Å². The molecule has 1 atom stereocenters. The summed E-state index contributed by atoms with van der Waals surface area (Å²) in [4.78, 5) is 0. The molecular weight excluding hydrogens is 186 g/mol. The smallest absolute Gasteiger partial charge is 0.306 e. The molecule has 0 N–H and O–H groups in total. The lowest BCUT2D eigenvalue weighted by atomic mass is 10.9. The number of hydrogen-bond donors (Lipinski definition) is 0. The minimum Gasteiger partial charge on any atom is -0.306 e. The monoisotopic (exact) mass is 196 g/mol. The first-order chi connectivity index (χ1) is 5.06. The largest absolute Gasteiger partial charge is 0.370 e. The van der Waals surface area contributed by atoms with E-state index >= 15 is 0 Å². The van der Waals surface area contributed by atoms with Crippen molar-refractivity contribution < 1.29 is 9.09 Å². The molecule has 0 aromatic carbocycles. The van der Waals surface area contributed by atoms with E-state index in [1.165, 1.54) is 18.8 Å². The average molecular weight is 197 g/mol. The van der Waals surface area contributed by atoms with Crippen molar-refractivity contribution in [1.29, 1.82) is 5.26 Å². The topological polar surface area (TPSA) is 53.3 Å². The van der Waals surface area contributed by atoms with Crippen LogP contribution in [0.2, 0.25) is 0 Å². The Morgan fingerprint density at radius 2 is 2.27 bits per heavy atom. The number of hydrogen-bond acceptors (Lipinski definition) is 3. The molecule has 0 aromatic heterocycles. The van der Waals surface area contributed by atoms with Crippen LogP contribution in [0.25, 0.3) is 0 Å². The first-order valence-corrected chi connectivity index (χ1v) is 5.07. The fourth-order valence-electron chi connectivity index (χ4n) is 0.392. The summed E-state index contributed by atoms with van der Waals surface area (Å²) < 4.78 is 17.4. The fourth-order valence-corrected chi connectivity index (χ4v) is 1.38.